The van der Waals surface area contributed by atoms with E-state index in [-0.39, 0.29) is 23.7 Å². The van der Waals surface area contributed by atoms with Crippen LogP contribution < -0.4 is 10.6 Å². The number of aromatic carboxylic acids is 1. The number of pyridine rings is 1. The van der Waals surface area contributed by atoms with Gasteiger partial charge in [0.25, 0.3) is 5.91 Å². The van der Waals surface area contributed by atoms with Gasteiger partial charge in [0.05, 0.1) is 12.1 Å². The first-order chi connectivity index (χ1) is 8.56. The van der Waals surface area contributed by atoms with Crippen molar-refractivity contribution in [2.45, 2.75) is 6.92 Å². The lowest BCUT2D eigenvalue weighted by atomic mass is 10.2. The highest BCUT2D eigenvalue weighted by molar-refractivity contribution is 6.04. The molecule has 1 aromatic heterocycles. The summed E-state index contributed by atoms with van der Waals surface area (Å²) in [6, 6.07) is 2.69. The van der Waals surface area contributed by atoms with Gasteiger partial charge in [-0.05, 0) is 19.1 Å². The first kappa shape index (κ1) is 13.6. The number of nitrogens with zero attached hydrogens (tertiary/aromatic N) is 1. The van der Waals surface area contributed by atoms with Crippen molar-refractivity contribution < 1.29 is 19.5 Å². The van der Waals surface area contributed by atoms with E-state index in [1.165, 1.54) is 18.3 Å². The number of carbonyl (C=O) groups is 3. The Labute approximate surface area is 103 Å². The molecule has 0 saturated heterocycles. The van der Waals surface area contributed by atoms with E-state index in [1.807, 2.05) is 0 Å². The molecule has 0 saturated carbocycles. The standard InChI is InChI=1S/C11H13N3O4/c1-2-12-8(15)6-14-10(16)9-7(11(17)18)4-3-5-13-9/h3-5H,2,6H2,1H3,(H,12,15)(H,14,16)(H,17,18). The molecule has 0 radical (unpaired) electrons. The zero-order valence-corrected chi connectivity index (χ0v) is 9.77. The number of carboxylic acids is 1. The first-order valence-electron chi connectivity index (χ1n) is 5.29. The third kappa shape index (κ3) is 3.55. The number of amides is 2. The molecule has 7 heteroatoms. The third-order valence-corrected chi connectivity index (χ3v) is 2.04. The van der Waals surface area contributed by atoms with E-state index in [0.717, 1.165) is 0 Å². The molecule has 1 heterocycles. The highest BCUT2D eigenvalue weighted by atomic mass is 16.4. The molecule has 96 valence electrons. The molecule has 0 spiro atoms. The molecule has 3 N–H and O–H groups in total. The highest BCUT2D eigenvalue weighted by Crippen LogP contribution is 2.04. The molecule has 1 aromatic rings. The second-order valence-corrected chi connectivity index (χ2v) is 3.34. The van der Waals surface area contributed by atoms with Crippen molar-refractivity contribution in [3.63, 3.8) is 0 Å². The third-order valence-electron chi connectivity index (χ3n) is 2.04. The SMILES string of the molecule is CCNC(=O)CNC(=O)c1ncccc1C(=O)O. The Morgan fingerprint density at radius 1 is 1.33 bits per heavy atom. The van der Waals surface area contributed by atoms with Gasteiger partial charge in [-0.2, -0.15) is 0 Å². The fourth-order valence-electron chi connectivity index (χ4n) is 1.26. The van der Waals surface area contributed by atoms with Gasteiger partial charge >= 0.3 is 5.97 Å². The predicted octanol–water partition coefficient (Wildman–Crippen LogP) is -0.354. The lowest BCUT2D eigenvalue weighted by Crippen LogP contribution is -2.37. The summed E-state index contributed by atoms with van der Waals surface area (Å²) in [4.78, 5) is 37.4. The highest BCUT2D eigenvalue weighted by Gasteiger charge is 2.17. The van der Waals surface area contributed by atoms with Crippen molar-refractivity contribution in [3.05, 3.63) is 29.6 Å². The molecule has 18 heavy (non-hydrogen) atoms. The van der Waals surface area contributed by atoms with Gasteiger partial charge in [0.2, 0.25) is 5.91 Å². The Kier molecular flexibility index (Phi) is 4.79. The van der Waals surface area contributed by atoms with Gasteiger partial charge < -0.3 is 15.7 Å². The predicted molar refractivity (Wildman–Crippen MR) is 62.2 cm³/mol. The fraction of sp³-hybridized carbons (Fsp3) is 0.273. The summed E-state index contributed by atoms with van der Waals surface area (Å²) in [6.45, 7) is 1.99. The smallest absolute Gasteiger partial charge is 0.338 e. The van der Waals surface area contributed by atoms with Gasteiger partial charge in [-0.1, -0.05) is 0 Å². The van der Waals surface area contributed by atoms with Crippen LogP contribution in [0.2, 0.25) is 0 Å². The van der Waals surface area contributed by atoms with Crippen molar-refractivity contribution in [2.24, 2.45) is 0 Å². The summed E-state index contributed by atoms with van der Waals surface area (Å²) in [5.41, 5.74) is -0.416. The minimum absolute atomic E-state index is 0.203. The van der Waals surface area contributed by atoms with Gasteiger partial charge in [-0.3, -0.25) is 14.6 Å². The maximum atomic E-state index is 11.7. The number of likely N-dealkylation sites (N-methyl/N-ethyl adjacent to an activating group) is 1. The monoisotopic (exact) mass is 251 g/mol. The summed E-state index contributed by atoms with van der Waals surface area (Å²) >= 11 is 0. The fourth-order valence-corrected chi connectivity index (χ4v) is 1.26. The van der Waals surface area contributed by atoms with E-state index in [0.29, 0.717) is 6.54 Å². The molecular weight excluding hydrogens is 238 g/mol. The molecular formula is C11H13N3O4. The molecule has 0 fully saturated rings. The maximum Gasteiger partial charge on any atom is 0.338 e. The first-order valence-corrected chi connectivity index (χ1v) is 5.29. The van der Waals surface area contributed by atoms with Crippen LogP contribution >= 0.6 is 0 Å². The molecule has 2 amide bonds. The average Bonchev–Trinajstić information content (AvgIpc) is 2.36. The topological polar surface area (TPSA) is 108 Å². The maximum absolute atomic E-state index is 11.7. The van der Waals surface area contributed by atoms with E-state index in [1.54, 1.807) is 6.92 Å². The number of hydrogen-bond donors (Lipinski definition) is 3. The Bertz CT molecular complexity index is 473. The van der Waals surface area contributed by atoms with Crippen LogP contribution in [0.25, 0.3) is 0 Å². The summed E-state index contributed by atoms with van der Waals surface area (Å²) in [7, 11) is 0. The van der Waals surface area contributed by atoms with Crippen LogP contribution in [0.3, 0.4) is 0 Å². The van der Waals surface area contributed by atoms with Gasteiger partial charge in [0, 0.05) is 12.7 Å². The number of carboxylic acid groups (broad SMARTS) is 1. The van der Waals surface area contributed by atoms with Crippen molar-refractivity contribution in [2.75, 3.05) is 13.1 Å². The lowest BCUT2D eigenvalue weighted by molar-refractivity contribution is -0.120. The van der Waals surface area contributed by atoms with E-state index in [4.69, 9.17) is 5.11 Å². The molecule has 0 unspecified atom stereocenters. The number of aromatic nitrogens is 1. The second kappa shape index (κ2) is 6.33. The van der Waals surface area contributed by atoms with E-state index >= 15 is 0 Å². The van der Waals surface area contributed by atoms with Gasteiger partial charge in [0.1, 0.15) is 5.69 Å². The number of hydrogen-bond acceptors (Lipinski definition) is 4. The molecule has 1 rings (SSSR count). The summed E-state index contributed by atoms with van der Waals surface area (Å²) in [6.07, 6.45) is 1.31. The normalized spacial score (nSPS) is 9.61. The Balaban J connectivity index is 2.73. The van der Waals surface area contributed by atoms with Crippen molar-refractivity contribution in [1.29, 1.82) is 0 Å². The quantitative estimate of drug-likeness (QED) is 0.662. The molecule has 7 nitrogen and oxygen atoms in total. The zero-order valence-electron chi connectivity index (χ0n) is 9.77. The summed E-state index contributed by atoms with van der Waals surface area (Å²) in [5.74, 6) is -2.29. The van der Waals surface area contributed by atoms with E-state index in [9.17, 15) is 14.4 Å². The second-order valence-electron chi connectivity index (χ2n) is 3.34. The van der Waals surface area contributed by atoms with Crippen LogP contribution in [-0.2, 0) is 4.79 Å². The zero-order chi connectivity index (χ0) is 13.5. The van der Waals surface area contributed by atoms with Crippen LogP contribution in [0.1, 0.15) is 27.8 Å². The summed E-state index contributed by atoms with van der Waals surface area (Å²) in [5, 5.41) is 13.7. The van der Waals surface area contributed by atoms with Crippen LogP contribution in [0.15, 0.2) is 18.3 Å². The van der Waals surface area contributed by atoms with Crippen LogP contribution in [0.5, 0.6) is 0 Å². The number of rotatable bonds is 5. The Hall–Kier alpha value is -2.44. The molecule has 0 atom stereocenters. The minimum Gasteiger partial charge on any atom is -0.478 e. The van der Waals surface area contributed by atoms with Gasteiger partial charge in [-0.15, -0.1) is 0 Å². The largest absolute Gasteiger partial charge is 0.478 e. The van der Waals surface area contributed by atoms with Crippen LogP contribution in [0, 0.1) is 0 Å². The van der Waals surface area contributed by atoms with Gasteiger partial charge in [0.15, 0.2) is 0 Å². The lowest BCUT2D eigenvalue weighted by Gasteiger charge is -2.06. The van der Waals surface area contributed by atoms with Crippen molar-refractivity contribution >= 4 is 17.8 Å². The van der Waals surface area contributed by atoms with Crippen LogP contribution in [0.4, 0.5) is 0 Å². The number of nitrogens with one attached hydrogen (secondary N) is 2. The molecule has 0 aliphatic rings. The van der Waals surface area contributed by atoms with E-state index < -0.39 is 11.9 Å². The van der Waals surface area contributed by atoms with Crippen molar-refractivity contribution in [1.82, 2.24) is 15.6 Å². The molecule has 0 aliphatic heterocycles. The number of carbonyl (C=O) groups excluding carboxylic acids is 2. The Morgan fingerprint density at radius 3 is 2.67 bits per heavy atom. The average molecular weight is 251 g/mol. The molecule has 0 aromatic carbocycles. The van der Waals surface area contributed by atoms with Crippen molar-refractivity contribution in [3.8, 4) is 0 Å². The molecule has 0 bridgehead atoms. The minimum atomic E-state index is -1.24. The van der Waals surface area contributed by atoms with Gasteiger partial charge in [-0.25, -0.2) is 4.79 Å². The van der Waals surface area contributed by atoms with Crippen LogP contribution in [-0.4, -0.2) is 41.0 Å². The Morgan fingerprint density at radius 2 is 2.06 bits per heavy atom. The molecule has 0 aliphatic carbocycles. The van der Waals surface area contributed by atoms with E-state index in [2.05, 4.69) is 15.6 Å². The summed E-state index contributed by atoms with van der Waals surface area (Å²) < 4.78 is 0.